The van der Waals surface area contributed by atoms with E-state index < -0.39 is 0 Å². The van der Waals surface area contributed by atoms with Gasteiger partial charge in [0, 0.05) is 0 Å². The first-order valence-electron chi connectivity index (χ1n) is 7.49. The summed E-state index contributed by atoms with van der Waals surface area (Å²) in [5.74, 6) is 0. The third kappa shape index (κ3) is 2.10. The van der Waals surface area contributed by atoms with Crippen LogP contribution in [0.4, 0.5) is 0 Å². The van der Waals surface area contributed by atoms with Gasteiger partial charge in [0.25, 0.3) is 0 Å². The van der Waals surface area contributed by atoms with Crippen LogP contribution in [0.15, 0.2) is 35.9 Å². The van der Waals surface area contributed by atoms with E-state index in [1.165, 1.54) is 38.9 Å². The zero-order valence-electron chi connectivity index (χ0n) is 12.9. The quantitative estimate of drug-likeness (QED) is 0.658. The SMILES string of the molecule is CCC1=Cc2c(cccc2-c2cc(C)c(C)cc2C)C1. The number of hydrogen-bond acceptors (Lipinski definition) is 0. The highest BCUT2D eigenvalue weighted by Gasteiger charge is 2.16. The van der Waals surface area contributed by atoms with Crippen molar-refractivity contribution in [1.29, 1.82) is 0 Å². The Kier molecular flexibility index (Phi) is 3.25. The van der Waals surface area contributed by atoms with E-state index in [0.29, 0.717) is 0 Å². The molecule has 20 heavy (non-hydrogen) atoms. The van der Waals surface area contributed by atoms with Crippen molar-refractivity contribution >= 4 is 6.08 Å². The van der Waals surface area contributed by atoms with Gasteiger partial charge in [0.1, 0.15) is 0 Å². The molecule has 2 aromatic carbocycles. The van der Waals surface area contributed by atoms with Crippen LogP contribution in [0.2, 0.25) is 0 Å². The van der Waals surface area contributed by atoms with Crippen molar-refractivity contribution in [3.05, 3.63) is 63.7 Å². The topological polar surface area (TPSA) is 0 Å². The number of allylic oxidation sites excluding steroid dienone is 1. The maximum Gasteiger partial charge on any atom is -0.00577 e. The molecule has 0 radical (unpaired) electrons. The first kappa shape index (κ1) is 13.2. The van der Waals surface area contributed by atoms with E-state index in [9.17, 15) is 0 Å². The fourth-order valence-corrected chi connectivity index (χ4v) is 3.15. The minimum Gasteiger partial charge on any atom is -0.0655 e. The van der Waals surface area contributed by atoms with Crippen molar-refractivity contribution in [3.8, 4) is 11.1 Å². The third-order valence-electron chi connectivity index (χ3n) is 4.55. The predicted octanol–water partition coefficient (Wildman–Crippen LogP) is 5.63. The average molecular weight is 262 g/mol. The Bertz CT molecular complexity index is 702. The molecule has 0 saturated heterocycles. The fraction of sp³-hybridized carbons (Fsp3) is 0.300. The van der Waals surface area contributed by atoms with Crippen molar-refractivity contribution in [2.45, 2.75) is 40.5 Å². The van der Waals surface area contributed by atoms with Crippen LogP contribution in [0, 0.1) is 20.8 Å². The second-order valence-corrected chi connectivity index (χ2v) is 5.96. The minimum absolute atomic E-state index is 1.13. The van der Waals surface area contributed by atoms with Crippen LogP contribution in [0.25, 0.3) is 17.2 Å². The second kappa shape index (κ2) is 4.94. The van der Waals surface area contributed by atoms with Crippen LogP contribution in [0.5, 0.6) is 0 Å². The Morgan fingerprint density at radius 1 is 0.900 bits per heavy atom. The van der Waals surface area contributed by atoms with Crippen molar-refractivity contribution in [3.63, 3.8) is 0 Å². The van der Waals surface area contributed by atoms with Gasteiger partial charge in [-0.1, -0.05) is 48.9 Å². The zero-order valence-corrected chi connectivity index (χ0v) is 12.9. The Balaban J connectivity index is 2.20. The largest absolute Gasteiger partial charge is 0.0655 e. The minimum atomic E-state index is 1.13. The summed E-state index contributed by atoms with van der Waals surface area (Å²) >= 11 is 0. The summed E-state index contributed by atoms with van der Waals surface area (Å²) in [4.78, 5) is 0. The molecule has 0 aliphatic heterocycles. The van der Waals surface area contributed by atoms with Gasteiger partial charge >= 0.3 is 0 Å². The molecule has 3 rings (SSSR count). The van der Waals surface area contributed by atoms with E-state index in [1.54, 1.807) is 5.57 Å². The Morgan fingerprint density at radius 2 is 1.65 bits per heavy atom. The summed E-state index contributed by atoms with van der Waals surface area (Å²) in [6.07, 6.45) is 4.68. The lowest BCUT2D eigenvalue weighted by Gasteiger charge is -2.13. The van der Waals surface area contributed by atoms with Gasteiger partial charge in [-0.15, -0.1) is 0 Å². The lowest BCUT2D eigenvalue weighted by molar-refractivity contribution is 1.04. The standard InChI is InChI=1S/C20H22/c1-5-16-11-17-7-6-8-18(20(17)12-16)19-10-14(3)13(2)9-15(19)4/h6-10,12H,5,11H2,1-4H3. The van der Waals surface area contributed by atoms with Crippen LogP contribution in [0.1, 0.15) is 41.2 Å². The first-order chi connectivity index (χ1) is 9.60. The molecular weight excluding hydrogens is 240 g/mol. The summed E-state index contributed by atoms with van der Waals surface area (Å²) < 4.78 is 0. The summed E-state index contributed by atoms with van der Waals surface area (Å²) in [5.41, 5.74) is 11.4. The first-order valence-corrected chi connectivity index (χ1v) is 7.49. The van der Waals surface area contributed by atoms with Crippen LogP contribution in [-0.4, -0.2) is 0 Å². The molecule has 0 fully saturated rings. The van der Waals surface area contributed by atoms with E-state index in [2.05, 4.69) is 64.1 Å². The van der Waals surface area contributed by atoms with Crippen LogP contribution in [0.3, 0.4) is 0 Å². The van der Waals surface area contributed by atoms with Crippen LogP contribution >= 0.6 is 0 Å². The van der Waals surface area contributed by atoms with Gasteiger partial charge in [-0.3, -0.25) is 0 Å². The highest BCUT2D eigenvalue weighted by atomic mass is 14.2. The molecule has 0 heterocycles. The van der Waals surface area contributed by atoms with E-state index in [-0.39, 0.29) is 0 Å². The molecule has 1 aliphatic carbocycles. The Hall–Kier alpha value is -1.82. The Labute approximate surface area is 122 Å². The lowest BCUT2D eigenvalue weighted by Crippen LogP contribution is -1.92. The predicted molar refractivity (Wildman–Crippen MR) is 88.1 cm³/mol. The van der Waals surface area contributed by atoms with Gasteiger partial charge < -0.3 is 0 Å². The van der Waals surface area contributed by atoms with E-state index in [1.807, 2.05) is 0 Å². The normalized spacial score (nSPS) is 13.3. The number of benzene rings is 2. The molecule has 1 aliphatic rings. The van der Waals surface area contributed by atoms with Gasteiger partial charge in [-0.05, 0) is 72.6 Å². The van der Waals surface area contributed by atoms with Gasteiger partial charge in [0.15, 0.2) is 0 Å². The van der Waals surface area contributed by atoms with Crippen LogP contribution in [-0.2, 0) is 6.42 Å². The monoisotopic (exact) mass is 262 g/mol. The molecule has 0 amide bonds. The van der Waals surface area contributed by atoms with Crippen molar-refractivity contribution in [1.82, 2.24) is 0 Å². The van der Waals surface area contributed by atoms with Crippen molar-refractivity contribution < 1.29 is 0 Å². The molecule has 0 saturated carbocycles. The van der Waals surface area contributed by atoms with Gasteiger partial charge in [-0.25, -0.2) is 0 Å². The maximum absolute atomic E-state index is 2.40. The lowest BCUT2D eigenvalue weighted by atomic mass is 9.91. The van der Waals surface area contributed by atoms with E-state index >= 15 is 0 Å². The zero-order chi connectivity index (χ0) is 14.3. The molecule has 0 spiro atoms. The molecule has 102 valence electrons. The molecule has 0 aromatic heterocycles. The molecule has 0 unspecified atom stereocenters. The van der Waals surface area contributed by atoms with Gasteiger partial charge in [0.05, 0.1) is 0 Å². The van der Waals surface area contributed by atoms with E-state index in [0.717, 1.165) is 12.8 Å². The number of aryl methyl sites for hydroxylation is 3. The number of fused-ring (bicyclic) bond motifs is 1. The number of rotatable bonds is 2. The molecule has 0 bridgehead atoms. The second-order valence-electron chi connectivity index (χ2n) is 5.96. The average Bonchev–Trinajstić information content (AvgIpc) is 2.86. The maximum atomic E-state index is 2.40. The summed E-state index contributed by atoms with van der Waals surface area (Å²) in [5, 5.41) is 0. The molecule has 0 nitrogen and oxygen atoms in total. The Morgan fingerprint density at radius 3 is 2.40 bits per heavy atom. The fourth-order valence-electron chi connectivity index (χ4n) is 3.15. The summed E-state index contributed by atoms with van der Waals surface area (Å²) in [6, 6.07) is 11.4. The molecule has 0 atom stereocenters. The molecular formula is C20H22. The third-order valence-corrected chi connectivity index (χ3v) is 4.55. The molecule has 0 heteroatoms. The van der Waals surface area contributed by atoms with Crippen molar-refractivity contribution in [2.24, 2.45) is 0 Å². The number of hydrogen-bond donors (Lipinski definition) is 0. The van der Waals surface area contributed by atoms with Gasteiger partial charge in [-0.2, -0.15) is 0 Å². The highest BCUT2D eigenvalue weighted by Crippen LogP contribution is 2.36. The smallest absolute Gasteiger partial charge is 0.00577 e. The molecule has 2 aromatic rings. The van der Waals surface area contributed by atoms with Gasteiger partial charge in [0.2, 0.25) is 0 Å². The summed E-state index contributed by atoms with van der Waals surface area (Å²) in [7, 11) is 0. The van der Waals surface area contributed by atoms with E-state index in [4.69, 9.17) is 0 Å². The van der Waals surface area contributed by atoms with Crippen LogP contribution < -0.4 is 0 Å². The van der Waals surface area contributed by atoms with Crippen molar-refractivity contribution in [2.75, 3.05) is 0 Å². The molecule has 0 N–H and O–H groups in total. The highest BCUT2D eigenvalue weighted by molar-refractivity contribution is 5.82. The summed E-state index contributed by atoms with van der Waals surface area (Å²) in [6.45, 7) is 8.87.